The molecule has 0 spiro atoms. The molecule has 0 amide bonds. The topological polar surface area (TPSA) is 19.4 Å². The van der Waals surface area contributed by atoms with Crippen molar-refractivity contribution in [3.8, 4) is 56.3 Å². The van der Waals surface area contributed by atoms with Crippen LogP contribution in [-0.2, 0) is 47.1 Å². The lowest BCUT2D eigenvalue weighted by atomic mass is 9.85. The first kappa shape index (κ1) is 72.9. The van der Waals surface area contributed by atoms with Gasteiger partial charge < -0.3 is 0 Å². The molecule has 5 heterocycles. The van der Waals surface area contributed by atoms with Gasteiger partial charge in [0.25, 0.3) is 0 Å². The predicted octanol–water partition coefficient (Wildman–Crippen LogP) is 19.8. The van der Waals surface area contributed by atoms with Crippen LogP contribution >= 0.6 is 0 Å². The molecule has 5 nitrogen and oxygen atoms in total. The third-order valence-electron chi connectivity index (χ3n) is 18.0. The largest absolute Gasteiger partial charge is 0.212 e. The van der Waals surface area contributed by atoms with E-state index in [0.717, 1.165) is 6.42 Å². The van der Waals surface area contributed by atoms with E-state index in [1.54, 1.807) is 0 Å². The first-order valence-electron chi connectivity index (χ1n) is 33.7. The van der Waals surface area contributed by atoms with Crippen LogP contribution in [0.25, 0.3) is 56.3 Å². The van der Waals surface area contributed by atoms with Gasteiger partial charge in [-0.05, 0) is 227 Å². The number of nitrogens with zero attached hydrogens (tertiary/aromatic N) is 5. The minimum atomic E-state index is 0.185. The molecule has 10 rings (SSSR count). The molecular weight excluding hydrogens is 1110 g/mol. The van der Waals surface area contributed by atoms with E-state index < -0.39 is 0 Å². The maximum Gasteiger partial charge on any atom is 0.212 e. The molecule has 5 heteroatoms. The molecule has 0 saturated heterocycles. The van der Waals surface area contributed by atoms with Crippen LogP contribution in [0.2, 0.25) is 0 Å². The molecule has 0 atom stereocenters. The summed E-state index contributed by atoms with van der Waals surface area (Å²) in [6, 6.07) is 56.0. The Balaban J connectivity index is 0.000000183. The van der Waals surface area contributed by atoms with Crippen molar-refractivity contribution in [1.82, 2.24) is 0 Å². The van der Waals surface area contributed by atoms with Gasteiger partial charge in [-0.25, -0.2) is 22.8 Å². The van der Waals surface area contributed by atoms with Gasteiger partial charge in [-0.2, -0.15) is 0 Å². The smallest absolute Gasteiger partial charge is 0.201 e. The van der Waals surface area contributed by atoms with E-state index in [-0.39, 0.29) is 5.41 Å². The zero-order valence-electron chi connectivity index (χ0n) is 61.4. The Morgan fingerprint density at radius 1 is 0.315 bits per heavy atom. The molecule has 5 aromatic heterocycles. The van der Waals surface area contributed by atoms with Gasteiger partial charge in [-0.1, -0.05) is 129 Å². The Kier molecular flexibility index (Phi) is 26.1. The summed E-state index contributed by atoms with van der Waals surface area (Å²) in [6.45, 7) is 44.2. The molecular formula is C87H114N5+5. The number of rotatable bonds is 11. The molecule has 0 aliphatic rings. The average molecular weight is 1230 g/mol. The van der Waals surface area contributed by atoms with E-state index in [2.05, 4.69) is 379 Å². The van der Waals surface area contributed by atoms with Gasteiger partial charge in [-0.3, -0.25) is 0 Å². The van der Waals surface area contributed by atoms with Crippen LogP contribution in [0, 0.1) is 82.1 Å². The van der Waals surface area contributed by atoms with Gasteiger partial charge >= 0.3 is 0 Å². The summed E-state index contributed by atoms with van der Waals surface area (Å²) < 4.78 is 11.0. The fraction of sp³-hybridized carbons (Fsp3) is 0.368. The molecule has 5 aromatic carbocycles. The third kappa shape index (κ3) is 19.9. The highest BCUT2D eigenvalue weighted by Crippen LogP contribution is 2.32. The van der Waals surface area contributed by atoms with Crippen LogP contribution in [0.4, 0.5) is 0 Å². The Labute approximate surface area is 558 Å². The van der Waals surface area contributed by atoms with Crippen LogP contribution in [-0.4, -0.2) is 0 Å². The van der Waals surface area contributed by atoms with Crippen molar-refractivity contribution in [2.45, 2.75) is 175 Å². The standard InChI is InChI=1S/C19H26N.2C18H24N.C17H22N.C15H18N/c1-6-16(7-2)17-9-8-15(4)18(13-17)19-12-14(3)10-11-20(19)5;1-13-9-10-19(6)17(11-13)16-12-15(18(3,4)5)8-7-14(16)2;1-13(2)10-16-6-7-17(15(4)12-16)18-11-14(3)8-9-19(18)5;1-12(2)15-6-7-16(14(4)11-15)17-10-13(3)8-9-18(17)5;1-11-5-6-14(13(3)9-11)15-10-12(2)7-8-16(15)4/h8-13,16H,6-7H2,1-5H3;7-12H,1-6H3;6-9,11-13H,10H2,1-5H3;6-12H,1-5H3;5-10H,1-4H3/q5*+1. The van der Waals surface area contributed by atoms with E-state index in [1.165, 1.54) is 153 Å². The zero-order valence-corrected chi connectivity index (χ0v) is 61.4. The van der Waals surface area contributed by atoms with Crippen LogP contribution in [0.5, 0.6) is 0 Å². The second kappa shape index (κ2) is 32.9. The second-order valence-electron chi connectivity index (χ2n) is 28.2. The van der Waals surface area contributed by atoms with E-state index >= 15 is 0 Å². The van der Waals surface area contributed by atoms with Crippen molar-refractivity contribution in [2.24, 2.45) is 41.2 Å². The molecule has 0 N–H and O–H groups in total. The summed E-state index contributed by atoms with van der Waals surface area (Å²) in [5.41, 5.74) is 33.5. The Morgan fingerprint density at radius 2 is 0.652 bits per heavy atom. The zero-order chi connectivity index (χ0) is 67.9. The lowest BCUT2D eigenvalue weighted by Crippen LogP contribution is -2.30. The second-order valence-corrected chi connectivity index (χ2v) is 28.2. The molecule has 0 bridgehead atoms. The van der Waals surface area contributed by atoms with Gasteiger partial charge in [0, 0.05) is 88.5 Å². The summed E-state index contributed by atoms with van der Waals surface area (Å²) in [6.07, 6.45) is 14.2. The summed E-state index contributed by atoms with van der Waals surface area (Å²) in [4.78, 5) is 0. The summed E-state index contributed by atoms with van der Waals surface area (Å²) in [5, 5.41) is 0. The Bertz CT molecular complexity index is 4110. The SMILES string of the molecule is CCC(CC)c1ccc(C)c(-c2cc(C)cc[n+]2C)c1.Cc1cc[n+](C)c(-c2cc(C(C)(C)C)ccc2C)c1.Cc1cc[n+](C)c(-c2ccc(C(C)C)cc2C)c1.Cc1cc[n+](C)c(-c2ccc(CC(C)C)cc2C)c1.Cc1ccc(-c2cc(C)cc[n+]2C)c(C)c1. The summed E-state index contributed by atoms with van der Waals surface area (Å²) >= 11 is 0. The minimum Gasteiger partial charge on any atom is -0.201 e. The molecule has 0 fully saturated rings. The molecule has 0 unspecified atom stereocenters. The first-order valence-corrected chi connectivity index (χ1v) is 33.7. The number of aromatic nitrogens is 5. The van der Waals surface area contributed by atoms with Crippen LogP contribution in [0.3, 0.4) is 0 Å². The minimum absolute atomic E-state index is 0.185. The number of aryl methyl sites for hydroxylation is 16. The van der Waals surface area contributed by atoms with E-state index in [1.807, 2.05) is 0 Å². The predicted molar refractivity (Wildman–Crippen MR) is 392 cm³/mol. The van der Waals surface area contributed by atoms with E-state index in [9.17, 15) is 0 Å². The van der Waals surface area contributed by atoms with Crippen molar-refractivity contribution in [1.29, 1.82) is 0 Å². The van der Waals surface area contributed by atoms with Crippen molar-refractivity contribution in [3.63, 3.8) is 0 Å². The van der Waals surface area contributed by atoms with Crippen LogP contribution < -0.4 is 22.8 Å². The Morgan fingerprint density at radius 3 is 1.01 bits per heavy atom. The van der Waals surface area contributed by atoms with Crippen molar-refractivity contribution >= 4 is 0 Å². The van der Waals surface area contributed by atoms with Gasteiger partial charge in [0.05, 0.1) is 0 Å². The first-order chi connectivity index (χ1) is 43.4. The van der Waals surface area contributed by atoms with Crippen molar-refractivity contribution in [3.05, 3.63) is 266 Å². The maximum absolute atomic E-state index is 2.39. The highest BCUT2D eigenvalue weighted by atomic mass is 14.9. The monoisotopic (exact) mass is 1230 g/mol. The number of benzene rings is 5. The molecule has 0 aliphatic carbocycles. The quantitative estimate of drug-likeness (QED) is 0.115. The average Bonchev–Trinajstić information content (AvgIpc) is 0.935. The maximum atomic E-state index is 2.39. The fourth-order valence-electron chi connectivity index (χ4n) is 12.1. The number of hydrogen-bond acceptors (Lipinski definition) is 0. The molecule has 482 valence electrons. The van der Waals surface area contributed by atoms with Crippen LogP contribution in [0.1, 0.15) is 170 Å². The third-order valence-corrected chi connectivity index (χ3v) is 18.0. The lowest BCUT2D eigenvalue weighted by molar-refractivity contribution is -0.660. The van der Waals surface area contributed by atoms with E-state index in [4.69, 9.17) is 0 Å². The number of pyridine rings is 5. The fourth-order valence-corrected chi connectivity index (χ4v) is 12.1. The molecule has 0 aliphatic heterocycles. The molecule has 10 aromatic rings. The van der Waals surface area contributed by atoms with E-state index in [0.29, 0.717) is 17.8 Å². The van der Waals surface area contributed by atoms with Crippen molar-refractivity contribution in [2.75, 3.05) is 0 Å². The summed E-state index contributed by atoms with van der Waals surface area (Å²) in [5.74, 6) is 1.97. The highest BCUT2D eigenvalue weighted by Gasteiger charge is 2.21. The molecule has 0 saturated carbocycles. The highest BCUT2D eigenvalue weighted by molar-refractivity contribution is 5.66. The molecule has 92 heavy (non-hydrogen) atoms. The van der Waals surface area contributed by atoms with Gasteiger partial charge in [0.1, 0.15) is 35.2 Å². The Hall–Kier alpha value is -8.15. The van der Waals surface area contributed by atoms with Gasteiger partial charge in [-0.15, -0.1) is 0 Å². The van der Waals surface area contributed by atoms with Gasteiger partial charge in [0.15, 0.2) is 31.0 Å². The normalized spacial score (nSPS) is 11.1. The van der Waals surface area contributed by atoms with Crippen LogP contribution in [0.15, 0.2) is 183 Å². The van der Waals surface area contributed by atoms with Crippen molar-refractivity contribution < 1.29 is 22.8 Å². The van der Waals surface area contributed by atoms with Gasteiger partial charge in [0.2, 0.25) is 28.5 Å². The summed E-state index contributed by atoms with van der Waals surface area (Å²) in [7, 11) is 10.5. The number of hydrogen-bond donors (Lipinski definition) is 0. The lowest BCUT2D eigenvalue weighted by Gasteiger charge is -2.20. The molecule has 0 radical (unpaired) electrons.